The number of aromatic hydroxyl groups is 1. The zero-order valence-corrected chi connectivity index (χ0v) is 10.4. The van der Waals surface area contributed by atoms with Gasteiger partial charge in [0.2, 0.25) is 0 Å². The van der Waals surface area contributed by atoms with Crippen LogP contribution >= 0.6 is 0 Å². The van der Waals surface area contributed by atoms with Crippen molar-refractivity contribution in [3.63, 3.8) is 0 Å². The van der Waals surface area contributed by atoms with Gasteiger partial charge in [-0.25, -0.2) is 0 Å². The molecule has 2 unspecified atom stereocenters. The number of hydrogen-bond acceptors (Lipinski definition) is 3. The molecule has 0 radical (unpaired) electrons. The highest BCUT2D eigenvalue weighted by Gasteiger charge is 2.29. The molecule has 3 heteroatoms. The summed E-state index contributed by atoms with van der Waals surface area (Å²) >= 11 is 0. The topological polar surface area (TPSA) is 38.7 Å². The van der Waals surface area contributed by atoms with Gasteiger partial charge in [-0.2, -0.15) is 0 Å². The molecule has 0 saturated carbocycles. The minimum atomic E-state index is -0.232. The highest BCUT2D eigenvalue weighted by molar-refractivity contribution is 5.58. The van der Waals surface area contributed by atoms with E-state index in [2.05, 4.69) is 0 Å². The van der Waals surface area contributed by atoms with Crippen molar-refractivity contribution >= 4 is 0 Å². The second-order valence-corrected chi connectivity index (χ2v) is 4.43. The summed E-state index contributed by atoms with van der Waals surface area (Å²) in [5, 5.41) is 10.0. The second-order valence-electron chi connectivity index (χ2n) is 4.43. The molecule has 0 aliphatic carbocycles. The van der Waals surface area contributed by atoms with Gasteiger partial charge in [-0.3, -0.25) is 0 Å². The average Bonchev–Trinajstić information content (AvgIpc) is 2.22. The van der Waals surface area contributed by atoms with Crippen molar-refractivity contribution in [2.75, 3.05) is 0 Å². The van der Waals surface area contributed by atoms with E-state index in [1.54, 1.807) is 0 Å². The van der Waals surface area contributed by atoms with Crippen LogP contribution in [0.25, 0.3) is 0 Å². The fourth-order valence-electron chi connectivity index (χ4n) is 2.32. The van der Waals surface area contributed by atoms with Gasteiger partial charge in [0.05, 0.1) is 6.10 Å². The van der Waals surface area contributed by atoms with E-state index in [0.29, 0.717) is 5.75 Å². The molecule has 1 aromatic rings. The first-order chi connectivity index (χ1) is 7.43. The van der Waals surface area contributed by atoms with Crippen LogP contribution in [0.5, 0.6) is 11.5 Å². The molecule has 3 nitrogen and oxygen atoms in total. The molecule has 2 rings (SSSR count). The van der Waals surface area contributed by atoms with Gasteiger partial charge in [-0.05, 0) is 45.7 Å². The monoisotopic (exact) mass is 222 g/mol. The Bertz CT molecular complexity index is 438. The van der Waals surface area contributed by atoms with Crippen molar-refractivity contribution in [3.05, 3.63) is 22.3 Å². The number of benzene rings is 1. The second kappa shape index (κ2) is 3.67. The summed E-state index contributed by atoms with van der Waals surface area (Å²) < 4.78 is 11.3. The van der Waals surface area contributed by atoms with E-state index in [0.717, 1.165) is 28.0 Å². The Hall–Kier alpha value is -1.22. The molecule has 88 valence electrons. The third-order valence-corrected chi connectivity index (χ3v) is 3.35. The molecule has 2 atom stereocenters. The van der Waals surface area contributed by atoms with Gasteiger partial charge < -0.3 is 14.6 Å². The fourth-order valence-corrected chi connectivity index (χ4v) is 2.32. The molecular formula is C13H18O3. The summed E-state index contributed by atoms with van der Waals surface area (Å²) in [4.78, 5) is 0. The minimum absolute atomic E-state index is 0.0380. The molecule has 1 aliphatic heterocycles. The minimum Gasteiger partial charge on any atom is -0.507 e. The molecule has 16 heavy (non-hydrogen) atoms. The number of rotatable bonds is 0. The average molecular weight is 222 g/mol. The van der Waals surface area contributed by atoms with Crippen LogP contribution in [0.15, 0.2) is 0 Å². The van der Waals surface area contributed by atoms with Crippen LogP contribution in [0, 0.1) is 20.8 Å². The van der Waals surface area contributed by atoms with Gasteiger partial charge in [-0.15, -0.1) is 0 Å². The van der Waals surface area contributed by atoms with Crippen molar-refractivity contribution in [2.45, 2.75) is 47.0 Å². The quantitative estimate of drug-likeness (QED) is 0.733. The molecule has 1 aliphatic rings. The highest BCUT2D eigenvalue weighted by atomic mass is 16.7. The maximum absolute atomic E-state index is 10.0. The van der Waals surface area contributed by atoms with Crippen molar-refractivity contribution in [1.82, 2.24) is 0 Å². The number of phenolic OH excluding ortho intramolecular Hbond substituents is 1. The standard InChI is InChI=1S/C13H18O3/c1-6-7(2)13-11(8(3)12(6)14)9(4)15-10(5)16-13/h9-10,14H,1-5H3. The lowest BCUT2D eigenvalue weighted by molar-refractivity contribution is -0.123. The van der Waals surface area contributed by atoms with Gasteiger partial charge in [-0.1, -0.05) is 0 Å². The lowest BCUT2D eigenvalue weighted by Gasteiger charge is -2.32. The van der Waals surface area contributed by atoms with E-state index in [4.69, 9.17) is 9.47 Å². The summed E-state index contributed by atoms with van der Waals surface area (Å²) in [6.07, 6.45) is -0.270. The van der Waals surface area contributed by atoms with Crippen molar-refractivity contribution < 1.29 is 14.6 Å². The predicted molar refractivity (Wildman–Crippen MR) is 61.9 cm³/mol. The highest BCUT2D eigenvalue weighted by Crippen LogP contribution is 2.44. The van der Waals surface area contributed by atoms with Gasteiger partial charge in [0.25, 0.3) is 0 Å². The van der Waals surface area contributed by atoms with E-state index in [1.165, 1.54) is 0 Å². The molecule has 1 heterocycles. The van der Waals surface area contributed by atoms with Crippen molar-refractivity contribution in [3.8, 4) is 11.5 Å². The molecule has 0 fully saturated rings. The van der Waals surface area contributed by atoms with E-state index in [-0.39, 0.29) is 12.4 Å². The smallest absolute Gasteiger partial charge is 0.197 e. The lowest BCUT2D eigenvalue weighted by Crippen LogP contribution is -2.26. The van der Waals surface area contributed by atoms with Crippen LogP contribution in [0.3, 0.4) is 0 Å². The number of ether oxygens (including phenoxy) is 2. The molecule has 0 saturated heterocycles. The maximum Gasteiger partial charge on any atom is 0.197 e. The SMILES string of the molecule is Cc1c(C)c2c(c(C)c1O)C(C)OC(C)O2. The van der Waals surface area contributed by atoms with Gasteiger partial charge in [0.1, 0.15) is 11.5 Å². The molecular weight excluding hydrogens is 204 g/mol. The zero-order valence-electron chi connectivity index (χ0n) is 10.4. The summed E-state index contributed by atoms with van der Waals surface area (Å²) in [7, 11) is 0. The number of hydrogen-bond donors (Lipinski definition) is 1. The fraction of sp³-hybridized carbons (Fsp3) is 0.538. The summed E-state index contributed by atoms with van der Waals surface area (Å²) in [6.45, 7) is 9.65. The van der Waals surface area contributed by atoms with E-state index < -0.39 is 0 Å². The van der Waals surface area contributed by atoms with Gasteiger partial charge >= 0.3 is 0 Å². The number of fused-ring (bicyclic) bond motifs is 1. The van der Waals surface area contributed by atoms with Crippen molar-refractivity contribution in [1.29, 1.82) is 0 Å². The van der Waals surface area contributed by atoms with Crippen LogP contribution in [0.4, 0.5) is 0 Å². The Morgan fingerprint density at radius 2 is 1.62 bits per heavy atom. The zero-order chi connectivity index (χ0) is 12.0. The van der Waals surface area contributed by atoms with E-state index in [9.17, 15) is 5.11 Å². The maximum atomic E-state index is 10.0. The molecule has 1 N–H and O–H groups in total. The van der Waals surface area contributed by atoms with Crippen molar-refractivity contribution in [2.24, 2.45) is 0 Å². The molecule has 0 aromatic heterocycles. The first-order valence-corrected chi connectivity index (χ1v) is 5.58. The van der Waals surface area contributed by atoms with Crippen LogP contribution in [0.1, 0.15) is 42.2 Å². The Kier molecular flexibility index (Phi) is 2.58. The number of phenols is 1. The Labute approximate surface area is 96.0 Å². The summed E-state index contributed by atoms with van der Waals surface area (Å²) in [6, 6.07) is 0. The van der Waals surface area contributed by atoms with Gasteiger partial charge in [0.15, 0.2) is 6.29 Å². The summed E-state index contributed by atoms with van der Waals surface area (Å²) in [5.41, 5.74) is 3.72. The van der Waals surface area contributed by atoms with Crippen LogP contribution < -0.4 is 4.74 Å². The first kappa shape index (κ1) is 11.3. The third-order valence-electron chi connectivity index (χ3n) is 3.35. The molecule has 0 spiro atoms. The molecule has 0 bridgehead atoms. The first-order valence-electron chi connectivity index (χ1n) is 5.58. The van der Waals surface area contributed by atoms with Crippen LogP contribution in [0.2, 0.25) is 0 Å². The van der Waals surface area contributed by atoms with Crippen LogP contribution in [-0.4, -0.2) is 11.4 Å². The molecule has 1 aromatic carbocycles. The predicted octanol–water partition coefficient (Wildman–Crippen LogP) is 3.13. The van der Waals surface area contributed by atoms with E-state index in [1.807, 2.05) is 34.6 Å². The third kappa shape index (κ3) is 1.47. The van der Waals surface area contributed by atoms with E-state index >= 15 is 0 Å². The molecule has 0 amide bonds. The lowest BCUT2D eigenvalue weighted by atomic mass is 9.94. The largest absolute Gasteiger partial charge is 0.507 e. The summed E-state index contributed by atoms with van der Waals surface area (Å²) in [5.74, 6) is 1.23. The Balaban J connectivity index is 2.71. The van der Waals surface area contributed by atoms with Gasteiger partial charge in [0, 0.05) is 11.1 Å². The Morgan fingerprint density at radius 3 is 2.25 bits per heavy atom. The normalized spacial score (nSPS) is 23.8. The Morgan fingerprint density at radius 1 is 1.00 bits per heavy atom. The van der Waals surface area contributed by atoms with Crippen LogP contribution in [-0.2, 0) is 4.74 Å².